The number of rotatable bonds is 3. The van der Waals surface area contributed by atoms with E-state index in [4.69, 9.17) is 11.6 Å². The first kappa shape index (κ1) is 8.60. The van der Waals surface area contributed by atoms with E-state index < -0.39 is 0 Å². The first-order valence-corrected chi connectivity index (χ1v) is 4.32. The molecule has 3 heteroatoms. The summed E-state index contributed by atoms with van der Waals surface area (Å²) in [7, 11) is 0. The van der Waals surface area contributed by atoms with Gasteiger partial charge in [-0.2, -0.15) is 0 Å². The molecule has 0 saturated heterocycles. The second-order valence-electron chi connectivity index (χ2n) is 2.98. The summed E-state index contributed by atoms with van der Waals surface area (Å²) in [6.45, 7) is 4.32. The van der Waals surface area contributed by atoms with Gasteiger partial charge in [0, 0.05) is 18.3 Å². The van der Waals surface area contributed by atoms with Crippen LogP contribution in [0.1, 0.15) is 19.9 Å². The normalized spacial score (nSPS) is 13.8. The number of alkyl halides is 1. The van der Waals surface area contributed by atoms with Crippen molar-refractivity contribution in [2.45, 2.75) is 19.9 Å². The van der Waals surface area contributed by atoms with Crippen molar-refractivity contribution >= 4 is 11.6 Å². The Morgan fingerprint density at radius 2 is 2.27 bits per heavy atom. The minimum absolute atomic E-state index is 0.374. The van der Waals surface area contributed by atoms with Crippen LogP contribution in [0.25, 0.3) is 0 Å². The molecular weight excluding hydrogens is 160 g/mol. The van der Waals surface area contributed by atoms with Crippen molar-refractivity contribution in [1.29, 1.82) is 0 Å². The molecule has 1 rings (SSSR count). The Morgan fingerprint density at radius 1 is 1.55 bits per heavy atom. The van der Waals surface area contributed by atoms with E-state index in [-0.39, 0.29) is 0 Å². The first-order chi connectivity index (χ1) is 5.25. The van der Waals surface area contributed by atoms with Gasteiger partial charge in [-0.25, -0.2) is 4.98 Å². The molecule has 1 aromatic heterocycles. The van der Waals surface area contributed by atoms with Gasteiger partial charge in [-0.3, -0.25) is 0 Å². The van der Waals surface area contributed by atoms with Gasteiger partial charge in [-0.05, 0) is 5.92 Å². The van der Waals surface area contributed by atoms with Gasteiger partial charge >= 0.3 is 0 Å². The number of hydrogen-bond donors (Lipinski definition) is 0. The zero-order valence-electron chi connectivity index (χ0n) is 6.87. The molecule has 0 aromatic carbocycles. The molecule has 1 heterocycles. The topological polar surface area (TPSA) is 17.8 Å². The molecule has 0 spiro atoms. The lowest BCUT2D eigenvalue weighted by molar-refractivity contribution is 0.412. The highest BCUT2D eigenvalue weighted by molar-refractivity contribution is 6.18. The molecule has 0 aliphatic heterocycles. The molecule has 0 aliphatic rings. The molecule has 0 bridgehead atoms. The van der Waals surface area contributed by atoms with Crippen LogP contribution in [0.2, 0.25) is 0 Å². The van der Waals surface area contributed by atoms with Crippen molar-refractivity contribution in [3.63, 3.8) is 0 Å². The molecule has 0 saturated carbocycles. The Bertz CT molecular complexity index is 194. The van der Waals surface area contributed by atoms with Gasteiger partial charge in [0.1, 0.15) is 0 Å². The first-order valence-electron chi connectivity index (χ1n) is 3.79. The Balaban J connectivity index is 2.71. The molecule has 2 nitrogen and oxygen atoms in total. The van der Waals surface area contributed by atoms with Crippen LogP contribution in [-0.4, -0.2) is 15.4 Å². The fourth-order valence-corrected chi connectivity index (χ4v) is 1.58. The largest absolute Gasteiger partial charge is 0.333 e. The summed E-state index contributed by atoms with van der Waals surface area (Å²) in [6.07, 6.45) is 5.54. The summed E-state index contributed by atoms with van der Waals surface area (Å²) < 4.78 is 2.05. The number of imidazole rings is 1. The van der Waals surface area contributed by atoms with Crippen molar-refractivity contribution in [1.82, 2.24) is 9.55 Å². The third kappa shape index (κ3) is 1.96. The molecule has 0 amide bonds. The number of halogens is 1. The highest BCUT2D eigenvalue weighted by Gasteiger charge is 2.12. The van der Waals surface area contributed by atoms with Crippen LogP contribution >= 0.6 is 11.6 Å². The molecule has 1 aromatic rings. The van der Waals surface area contributed by atoms with Crippen LogP contribution in [0.3, 0.4) is 0 Å². The van der Waals surface area contributed by atoms with Gasteiger partial charge in [0.25, 0.3) is 0 Å². The van der Waals surface area contributed by atoms with Crippen LogP contribution in [0.5, 0.6) is 0 Å². The summed E-state index contributed by atoms with van der Waals surface area (Å²) in [4.78, 5) is 3.98. The second kappa shape index (κ2) is 3.77. The SMILES string of the molecule is CC(C)[C@@H](CCl)n1ccnc1. The standard InChI is InChI=1S/C8H13ClN2/c1-7(2)8(5-9)11-4-3-10-6-11/h3-4,6-8H,5H2,1-2H3/t8-/m1/s1. The van der Waals surface area contributed by atoms with E-state index in [1.165, 1.54) is 0 Å². The summed E-state index contributed by atoms with van der Waals surface area (Å²) in [5.74, 6) is 1.20. The number of hydrogen-bond acceptors (Lipinski definition) is 1. The summed E-state index contributed by atoms with van der Waals surface area (Å²) in [6, 6.07) is 0.374. The minimum atomic E-state index is 0.374. The monoisotopic (exact) mass is 172 g/mol. The summed E-state index contributed by atoms with van der Waals surface area (Å²) in [5, 5.41) is 0. The summed E-state index contributed by atoms with van der Waals surface area (Å²) >= 11 is 5.81. The fraction of sp³-hybridized carbons (Fsp3) is 0.625. The van der Waals surface area contributed by atoms with Crippen molar-refractivity contribution in [2.75, 3.05) is 5.88 Å². The van der Waals surface area contributed by atoms with E-state index in [0.29, 0.717) is 17.8 Å². The van der Waals surface area contributed by atoms with Gasteiger partial charge in [0.2, 0.25) is 0 Å². The predicted molar refractivity (Wildman–Crippen MR) is 46.8 cm³/mol. The van der Waals surface area contributed by atoms with Crippen LogP contribution in [0.4, 0.5) is 0 Å². The molecule has 0 radical (unpaired) electrons. The van der Waals surface area contributed by atoms with Crippen LogP contribution in [0.15, 0.2) is 18.7 Å². The third-order valence-electron chi connectivity index (χ3n) is 1.84. The molecule has 0 aliphatic carbocycles. The van der Waals surface area contributed by atoms with E-state index in [9.17, 15) is 0 Å². The number of nitrogens with zero attached hydrogens (tertiary/aromatic N) is 2. The van der Waals surface area contributed by atoms with Crippen molar-refractivity contribution < 1.29 is 0 Å². The average Bonchev–Trinajstić information content (AvgIpc) is 2.40. The highest BCUT2D eigenvalue weighted by Crippen LogP contribution is 2.17. The Morgan fingerprint density at radius 3 is 2.64 bits per heavy atom. The van der Waals surface area contributed by atoms with Gasteiger partial charge < -0.3 is 4.57 Å². The van der Waals surface area contributed by atoms with E-state index in [1.54, 1.807) is 6.20 Å². The Hall–Kier alpha value is -0.500. The zero-order chi connectivity index (χ0) is 8.27. The third-order valence-corrected chi connectivity index (χ3v) is 2.15. The van der Waals surface area contributed by atoms with Crippen molar-refractivity contribution in [3.05, 3.63) is 18.7 Å². The molecule has 62 valence electrons. The molecule has 0 unspecified atom stereocenters. The molecule has 0 N–H and O–H groups in total. The van der Waals surface area contributed by atoms with Gasteiger partial charge in [-0.1, -0.05) is 13.8 Å². The lowest BCUT2D eigenvalue weighted by Gasteiger charge is -2.18. The smallest absolute Gasteiger partial charge is 0.0949 e. The Labute approximate surface area is 72.2 Å². The average molecular weight is 173 g/mol. The van der Waals surface area contributed by atoms with Crippen LogP contribution in [0, 0.1) is 5.92 Å². The quantitative estimate of drug-likeness (QED) is 0.640. The minimum Gasteiger partial charge on any atom is -0.333 e. The lowest BCUT2D eigenvalue weighted by Crippen LogP contribution is -2.14. The van der Waals surface area contributed by atoms with E-state index >= 15 is 0 Å². The van der Waals surface area contributed by atoms with Crippen LogP contribution in [-0.2, 0) is 0 Å². The second-order valence-corrected chi connectivity index (χ2v) is 3.28. The van der Waals surface area contributed by atoms with Crippen molar-refractivity contribution in [2.24, 2.45) is 5.92 Å². The molecular formula is C8H13ClN2. The maximum atomic E-state index is 5.81. The maximum Gasteiger partial charge on any atom is 0.0949 e. The molecule has 1 atom stereocenters. The lowest BCUT2D eigenvalue weighted by atomic mass is 10.1. The Kier molecular flexibility index (Phi) is 2.94. The van der Waals surface area contributed by atoms with E-state index in [0.717, 1.165) is 0 Å². The fourth-order valence-electron chi connectivity index (χ4n) is 1.07. The zero-order valence-corrected chi connectivity index (χ0v) is 7.62. The predicted octanol–water partition coefficient (Wildman–Crippen LogP) is 2.32. The maximum absolute atomic E-state index is 5.81. The van der Waals surface area contributed by atoms with E-state index in [1.807, 2.05) is 12.5 Å². The molecule has 0 fully saturated rings. The van der Waals surface area contributed by atoms with E-state index in [2.05, 4.69) is 23.4 Å². The summed E-state index contributed by atoms with van der Waals surface area (Å²) in [5.41, 5.74) is 0. The van der Waals surface area contributed by atoms with Crippen molar-refractivity contribution in [3.8, 4) is 0 Å². The van der Waals surface area contributed by atoms with Gasteiger partial charge in [-0.15, -0.1) is 11.6 Å². The van der Waals surface area contributed by atoms with Gasteiger partial charge in [0.05, 0.1) is 12.4 Å². The number of aromatic nitrogens is 2. The highest BCUT2D eigenvalue weighted by atomic mass is 35.5. The molecule has 11 heavy (non-hydrogen) atoms. The van der Waals surface area contributed by atoms with Gasteiger partial charge in [0.15, 0.2) is 0 Å². The van der Waals surface area contributed by atoms with Crippen LogP contribution < -0.4 is 0 Å².